The number of nitrogens with one attached hydrogen (secondary N) is 2. The van der Waals surface area contributed by atoms with Gasteiger partial charge in [0.1, 0.15) is 0 Å². The first-order chi connectivity index (χ1) is 10.1. The monoisotopic (exact) mass is 296 g/mol. The molecule has 0 aromatic rings. The zero-order valence-corrected chi connectivity index (χ0v) is 13.9. The summed E-state index contributed by atoms with van der Waals surface area (Å²) in [6.45, 7) is 8.31. The summed E-state index contributed by atoms with van der Waals surface area (Å²) >= 11 is 0. The molecule has 0 aliphatic heterocycles. The predicted octanol–water partition coefficient (Wildman–Crippen LogP) is 2.48. The Balaban J connectivity index is 1.81. The van der Waals surface area contributed by atoms with Crippen molar-refractivity contribution >= 4 is 5.91 Å². The van der Waals surface area contributed by atoms with E-state index in [-0.39, 0.29) is 5.91 Å². The average Bonchev–Trinajstić information content (AvgIpc) is 2.48. The molecule has 0 aromatic heterocycles. The van der Waals surface area contributed by atoms with Crippen molar-refractivity contribution < 1.29 is 9.53 Å². The Labute approximate surface area is 129 Å². The summed E-state index contributed by atoms with van der Waals surface area (Å²) in [6.07, 6.45) is 7.93. The molecule has 2 N–H and O–H groups in total. The van der Waals surface area contributed by atoms with Gasteiger partial charge in [-0.05, 0) is 32.1 Å². The van der Waals surface area contributed by atoms with E-state index < -0.39 is 0 Å². The van der Waals surface area contributed by atoms with E-state index >= 15 is 0 Å². The van der Waals surface area contributed by atoms with Gasteiger partial charge in [-0.15, -0.1) is 0 Å². The van der Waals surface area contributed by atoms with Crippen LogP contribution >= 0.6 is 0 Å². The van der Waals surface area contributed by atoms with Gasteiger partial charge in [0, 0.05) is 24.6 Å². The summed E-state index contributed by atoms with van der Waals surface area (Å²) in [6, 6.07) is 0.458. The Hall–Kier alpha value is -0.610. The summed E-state index contributed by atoms with van der Waals surface area (Å²) < 4.78 is 5.95. The fraction of sp³-hybridized carbons (Fsp3) is 0.941. The Morgan fingerprint density at radius 3 is 2.62 bits per heavy atom. The lowest BCUT2D eigenvalue weighted by atomic mass is 9.55. The lowest BCUT2D eigenvalue weighted by molar-refractivity contribution is -0.151. The number of amides is 1. The van der Waals surface area contributed by atoms with Crippen LogP contribution in [-0.2, 0) is 9.53 Å². The largest absolute Gasteiger partial charge is 0.378 e. The third kappa shape index (κ3) is 3.98. The van der Waals surface area contributed by atoms with Crippen molar-refractivity contribution in [2.75, 3.05) is 19.7 Å². The standard InChI is InChI=1S/C17H32N2O2/c1-4-21-15-10-14(17(15)8-6-5-7-9-17)18-12-16(20)19-11-13(2)3/h13-15,18H,4-12H2,1-3H3,(H,19,20). The Morgan fingerprint density at radius 1 is 1.29 bits per heavy atom. The van der Waals surface area contributed by atoms with Crippen LogP contribution in [0.3, 0.4) is 0 Å². The molecule has 0 saturated heterocycles. The van der Waals surface area contributed by atoms with Gasteiger partial charge in [0.15, 0.2) is 0 Å². The van der Waals surface area contributed by atoms with Crippen LogP contribution in [0.1, 0.15) is 59.3 Å². The molecule has 1 spiro atoms. The molecule has 122 valence electrons. The van der Waals surface area contributed by atoms with Crippen molar-refractivity contribution in [2.24, 2.45) is 11.3 Å². The molecule has 1 amide bonds. The van der Waals surface area contributed by atoms with Gasteiger partial charge in [-0.25, -0.2) is 0 Å². The van der Waals surface area contributed by atoms with Crippen LogP contribution in [0.2, 0.25) is 0 Å². The minimum absolute atomic E-state index is 0.120. The van der Waals surface area contributed by atoms with E-state index in [9.17, 15) is 4.79 Å². The molecular weight excluding hydrogens is 264 g/mol. The van der Waals surface area contributed by atoms with E-state index in [0.29, 0.717) is 30.0 Å². The number of rotatable bonds is 7. The third-order valence-corrected chi connectivity index (χ3v) is 5.15. The first-order valence-electron chi connectivity index (χ1n) is 8.70. The molecular formula is C17H32N2O2. The minimum Gasteiger partial charge on any atom is -0.378 e. The first kappa shape index (κ1) is 16.8. The van der Waals surface area contributed by atoms with E-state index in [1.165, 1.54) is 32.1 Å². The van der Waals surface area contributed by atoms with Gasteiger partial charge in [0.05, 0.1) is 12.6 Å². The number of ether oxygens (including phenoxy) is 1. The van der Waals surface area contributed by atoms with Crippen LogP contribution < -0.4 is 10.6 Å². The second-order valence-electron chi connectivity index (χ2n) is 7.10. The molecule has 2 aliphatic rings. The van der Waals surface area contributed by atoms with Crippen LogP contribution in [0.4, 0.5) is 0 Å². The summed E-state index contributed by atoms with van der Waals surface area (Å²) in [7, 11) is 0. The second-order valence-corrected chi connectivity index (χ2v) is 7.10. The van der Waals surface area contributed by atoms with Crippen molar-refractivity contribution in [2.45, 2.75) is 71.4 Å². The number of carbonyl (C=O) groups is 1. The van der Waals surface area contributed by atoms with Crippen molar-refractivity contribution in [3.05, 3.63) is 0 Å². The van der Waals surface area contributed by atoms with Gasteiger partial charge in [0.2, 0.25) is 5.91 Å². The Kier molecular flexibility index (Phi) is 6.06. The summed E-state index contributed by atoms with van der Waals surface area (Å²) in [5.41, 5.74) is 0.298. The Morgan fingerprint density at radius 2 is 2.00 bits per heavy atom. The minimum atomic E-state index is 0.120. The molecule has 2 rings (SSSR count). The van der Waals surface area contributed by atoms with Gasteiger partial charge in [-0.3, -0.25) is 4.79 Å². The molecule has 2 atom stereocenters. The molecule has 0 radical (unpaired) electrons. The maximum absolute atomic E-state index is 11.9. The normalized spacial score (nSPS) is 27.6. The summed E-state index contributed by atoms with van der Waals surface area (Å²) in [5, 5.41) is 6.48. The van der Waals surface area contributed by atoms with Crippen molar-refractivity contribution in [1.29, 1.82) is 0 Å². The maximum Gasteiger partial charge on any atom is 0.233 e. The third-order valence-electron chi connectivity index (χ3n) is 5.15. The number of hydrogen-bond acceptors (Lipinski definition) is 3. The van der Waals surface area contributed by atoms with Crippen LogP contribution in [0.25, 0.3) is 0 Å². The highest BCUT2D eigenvalue weighted by molar-refractivity contribution is 5.78. The lowest BCUT2D eigenvalue weighted by Crippen LogP contribution is -2.65. The molecule has 2 fully saturated rings. The lowest BCUT2D eigenvalue weighted by Gasteiger charge is -2.58. The fourth-order valence-corrected chi connectivity index (χ4v) is 3.95. The van der Waals surface area contributed by atoms with E-state index in [1.807, 2.05) is 0 Å². The van der Waals surface area contributed by atoms with Crippen molar-refractivity contribution in [1.82, 2.24) is 10.6 Å². The van der Waals surface area contributed by atoms with Gasteiger partial charge < -0.3 is 15.4 Å². The van der Waals surface area contributed by atoms with Crippen LogP contribution in [-0.4, -0.2) is 37.7 Å². The highest BCUT2D eigenvalue weighted by atomic mass is 16.5. The molecule has 0 heterocycles. The SMILES string of the molecule is CCOC1CC(NCC(=O)NCC(C)C)C12CCCCC2. The van der Waals surface area contributed by atoms with E-state index in [2.05, 4.69) is 31.4 Å². The topological polar surface area (TPSA) is 50.4 Å². The second kappa shape index (κ2) is 7.59. The molecule has 2 unspecified atom stereocenters. The van der Waals surface area contributed by atoms with Crippen LogP contribution in [0, 0.1) is 11.3 Å². The van der Waals surface area contributed by atoms with E-state index in [0.717, 1.165) is 19.6 Å². The van der Waals surface area contributed by atoms with Gasteiger partial charge in [-0.1, -0.05) is 33.1 Å². The van der Waals surface area contributed by atoms with Gasteiger partial charge in [0.25, 0.3) is 0 Å². The van der Waals surface area contributed by atoms with Crippen molar-refractivity contribution in [3.63, 3.8) is 0 Å². The van der Waals surface area contributed by atoms with Crippen LogP contribution in [0.5, 0.6) is 0 Å². The highest BCUT2D eigenvalue weighted by Crippen LogP contribution is 2.53. The molecule has 2 saturated carbocycles. The molecule has 4 heteroatoms. The molecule has 21 heavy (non-hydrogen) atoms. The molecule has 4 nitrogen and oxygen atoms in total. The van der Waals surface area contributed by atoms with Crippen LogP contribution in [0.15, 0.2) is 0 Å². The Bertz CT molecular complexity index is 338. The first-order valence-corrected chi connectivity index (χ1v) is 8.70. The zero-order valence-electron chi connectivity index (χ0n) is 13.9. The van der Waals surface area contributed by atoms with E-state index in [4.69, 9.17) is 4.74 Å². The maximum atomic E-state index is 11.9. The predicted molar refractivity (Wildman–Crippen MR) is 85.2 cm³/mol. The number of hydrogen-bond donors (Lipinski definition) is 2. The smallest absolute Gasteiger partial charge is 0.233 e. The average molecular weight is 296 g/mol. The summed E-state index contributed by atoms with van der Waals surface area (Å²) in [4.78, 5) is 11.9. The van der Waals surface area contributed by atoms with Gasteiger partial charge >= 0.3 is 0 Å². The quantitative estimate of drug-likeness (QED) is 0.759. The number of carbonyl (C=O) groups excluding carboxylic acids is 1. The molecule has 0 aromatic carbocycles. The van der Waals surface area contributed by atoms with E-state index in [1.54, 1.807) is 0 Å². The molecule has 0 bridgehead atoms. The van der Waals surface area contributed by atoms with Crippen molar-refractivity contribution in [3.8, 4) is 0 Å². The molecule has 2 aliphatic carbocycles. The fourth-order valence-electron chi connectivity index (χ4n) is 3.95. The summed E-state index contributed by atoms with van der Waals surface area (Å²) in [5.74, 6) is 0.624. The highest BCUT2D eigenvalue weighted by Gasteiger charge is 2.55. The van der Waals surface area contributed by atoms with Gasteiger partial charge in [-0.2, -0.15) is 0 Å². The zero-order chi connectivity index (χ0) is 15.3.